The van der Waals surface area contributed by atoms with Crippen molar-refractivity contribution in [3.63, 3.8) is 0 Å². The average Bonchev–Trinajstić information content (AvgIpc) is 3.25. The summed E-state index contributed by atoms with van der Waals surface area (Å²) in [5, 5.41) is 11.7. The Balaban J connectivity index is 1.75. The SMILES string of the molecule is CC(CNC(=O)N(CC(=O)O)CC1CC1)N(C)C1CC1. The van der Waals surface area contributed by atoms with Crippen LogP contribution in [0.25, 0.3) is 0 Å². The number of hydrogen-bond donors (Lipinski definition) is 2. The summed E-state index contributed by atoms with van der Waals surface area (Å²) in [5.41, 5.74) is 0. The van der Waals surface area contributed by atoms with E-state index in [9.17, 15) is 9.59 Å². The van der Waals surface area contributed by atoms with E-state index >= 15 is 0 Å². The van der Waals surface area contributed by atoms with Crippen molar-refractivity contribution < 1.29 is 14.7 Å². The highest BCUT2D eigenvalue weighted by atomic mass is 16.4. The van der Waals surface area contributed by atoms with Crippen molar-refractivity contribution in [1.29, 1.82) is 0 Å². The molecule has 0 aromatic heterocycles. The van der Waals surface area contributed by atoms with E-state index in [1.165, 1.54) is 17.7 Å². The fourth-order valence-corrected chi connectivity index (χ4v) is 2.33. The molecule has 6 nitrogen and oxygen atoms in total. The third-order valence-electron chi connectivity index (χ3n) is 4.16. The van der Waals surface area contributed by atoms with Gasteiger partial charge in [-0.05, 0) is 45.6 Å². The van der Waals surface area contributed by atoms with Crippen LogP contribution in [0.3, 0.4) is 0 Å². The number of carbonyl (C=O) groups excluding carboxylic acids is 1. The van der Waals surface area contributed by atoms with Crippen LogP contribution in [0.2, 0.25) is 0 Å². The number of amides is 2. The van der Waals surface area contributed by atoms with Gasteiger partial charge < -0.3 is 15.3 Å². The average molecular weight is 283 g/mol. The van der Waals surface area contributed by atoms with Gasteiger partial charge in [0.15, 0.2) is 0 Å². The highest BCUT2D eigenvalue weighted by Gasteiger charge is 2.30. The Morgan fingerprint density at radius 2 is 1.95 bits per heavy atom. The van der Waals surface area contributed by atoms with E-state index in [4.69, 9.17) is 5.11 Å². The minimum Gasteiger partial charge on any atom is -0.480 e. The first-order valence-electron chi connectivity index (χ1n) is 7.44. The molecule has 2 aliphatic carbocycles. The van der Waals surface area contributed by atoms with Crippen molar-refractivity contribution in [3.05, 3.63) is 0 Å². The molecule has 0 saturated heterocycles. The molecule has 2 rings (SSSR count). The van der Waals surface area contributed by atoms with Crippen LogP contribution in [0.4, 0.5) is 4.79 Å². The number of aliphatic carboxylic acids is 1. The maximum atomic E-state index is 12.1. The van der Waals surface area contributed by atoms with Gasteiger partial charge in [0.05, 0.1) is 0 Å². The zero-order chi connectivity index (χ0) is 14.7. The number of carbonyl (C=O) groups is 2. The maximum absolute atomic E-state index is 12.1. The van der Waals surface area contributed by atoms with Gasteiger partial charge in [-0.25, -0.2) is 4.79 Å². The minimum atomic E-state index is -0.955. The first-order valence-corrected chi connectivity index (χ1v) is 7.44. The zero-order valence-electron chi connectivity index (χ0n) is 12.3. The van der Waals surface area contributed by atoms with Gasteiger partial charge in [-0.2, -0.15) is 0 Å². The second-order valence-electron chi connectivity index (χ2n) is 6.15. The van der Waals surface area contributed by atoms with E-state index in [1.54, 1.807) is 0 Å². The molecule has 0 spiro atoms. The van der Waals surface area contributed by atoms with Crippen LogP contribution in [-0.4, -0.2) is 65.7 Å². The Bertz CT molecular complexity index is 367. The molecule has 0 aliphatic heterocycles. The molecule has 114 valence electrons. The topological polar surface area (TPSA) is 72.9 Å². The zero-order valence-corrected chi connectivity index (χ0v) is 12.3. The van der Waals surface area contributed by atoms with E-state index in [0.29, 0.717) is 25.0 Å². The first kappa shape index (κ1) is 15.1. The molecule has 2 saturated carbocycles. The van der Waals surface area contributed by atoms with Gasteiger partial charge in [0.25, 0.3) is 0 Å². The lowest BCUT2D eigenvalue weighted by atomic mass is 10.3. The molecule has 6 heteroatoms. The summed E-state index contributed by atoms with van der Waals surface area (Å²) in [5.74, 6) is -0.462. The largest absolute Gasteiger partial charge is 0.480 e. The Labute approximate surface area is 120 Å². The normalized spacial score (nSPS) is 19.8. The molecule has 0 radical (unpaired) electrons. The van der Waals surface area contributed by atoms with Gasteiger partial charge in [-0.3, -0.25) is 9.69 Å². The van der Waals surface area contributed by atoms with Crippen LogP contribution in [0, 0.1) is 5.92 Å². The summed E-state index contributed by atoms with van der Waals surface area (Å²) in [7, 11) is 2.08. The molecule has 0 bridgehead atoms. The molecule has 2 fully saturated rings. The quantitative estimate of drug-likeness (QED) is 0.696. The van der Waals surface area contributed by atoms with Crippen LogP contribution in [-0.2, 0) is 4.79 Å². The fraction of sp³-hybridized carbons (Fsp3) is 0.857. The Hall–Kier alpha value is -1.30. The molecular formula is C14H25N3O3. The maximum Gasteiger partial charge on any atom is 0.323 e. The molecule has 1 unspecified atom stereocenters. The molecule has 2 N–H and O–H groups in total. The molecule has 20 heavy (non-hydrogen) atoms. The van der Waals surface area contributed by atoms with Crippen LogP contribution >= 0.6 is 0 Å². The van der Waals surface area contributed by atoms with E-state index in [0.717, 1.165) is 12.8 Å². The van der Waals surface area contributed by atoms with E-state index in [-0.39, 0.29) is 18.6 Å². The molecule has 2 amide bonds. The number of hydrogen-bond acceptors (Lipinski definition) is 3. The van der Waals surface area contributed by atoms with Gasteiger partial charge in [-0.1, -0.05) is 0 Å². The number of rotatable bonds is 8. The van der Waals surface area contributed by atoms with E-state index in [2.05, 4.69) is 24.2 Å². The smallest absolute Gasteiger partial charge is 0.323 e. The van der Waals surface area contributed by atoms with Crippen molar-refractivity contribution in [2.75, 3.05) is 26.7 Å². The van der Waals surface area contributed by atoms with Crippen LogP contribution in [0.15, 0.2) is 0 Å². The molecular weight excluding hydrogens is 258 g/mol. The minimum absolute atomic E-state index is 0.213. The molecule has 0 heterocycles. The summed E-state index contributed by atoms with van der Waals surface area (Å²) >= 11 is 0. The fourth-order valence-electron chi connectivity index (χ4n) is 2.33. The van der Waals surface area contributed by atoms with Crippen LogP contribution in [0.5, 0.6) is 0 Å². The number of carboxylic acids is 1. The highest BCUT2D eigenvalue weighted by molar-refractivity contribution is 5.80. The number of nitrogens with zero attached hydrogens (tertiary/aromatic N) is 2. The summed E-state index contributed by atoms with van der Waals surface area (Å²) < 4.78 is 0. The van der Waals surface area contributed by atoms with Crippen molar-refractivity contribution >= 4 is 12.0 Å². The van der Waals surface area contributed by atoms with Gasteiger partial charge in [0, 0.05) is 25.2 Å². The van der Waals surface area contributed by atoms with Crippen molar-refractivity contribution in [3.8, 4) is 0 Å². The summed E-state index contributed by atoms with van der Waals surface area (Å²) in [6.07, 6.45) is 4.68. The van der Waals surface area contributed by atoms with Gasteiger partial charge in [0.2, 0.25) is 0 Å². The second kappa shape index (κ2) is 6.43. The van der Waals surface area contributed by atoms with Crippen LogP contribution in [0.1, 0.15) is 32.6 Å². The standard InChI is InChI=1S/C14H25N3O3/c1-10(16(2)12-5-6-12)7-15-14(20)17(9-13(18)19)8-11-3-4-11/h10-12H,3-9H2,1-2H3,(H,15,20)(H,18,19). The lowest BCUT2D eigenvalue weighted by molar-refractivity contribution is -0.137. The van der Waals surface area contributed by atoms with E-state index < -0.39 is 5.97 Å². The number of nitrogens with one attached hydrogen (secondary N) is 1. The lowest BCUT2D eigenvalue weighted by Crippen LogP contribution is -2.48. The summed E-state index contributed by atoms with van der Waals surface area (Å²) in [6.45, 7) is 2.99. The van der Waals surface area contributed by atoms with Gasteiger partial charge in [0.1, 0.15) is 6.54 Å². The van der Waals surface area contributed by atoms with Crippen molar-refractivity contribution in [2.45, 2.75) is 44.7 Å². The molecule has 1 atom stereocenters. The third kappa shape index (κ3) is 4.67. The Morgan fingerprint density at radius 3 is 2.45 bits per heavy atom. The number of likely N-dealkylation sites (N-methyl/N-ethyl adjacent to an activating group) is 1. The van der Waals surface area contributed by atoms with Crippen molar-refractivity contribution in [2.24, 2.45) is 5.92 Å². The Kier molecular flexibility index (Phi) is 4.86. The third-order valence-corrected chi connectivity index (χ3v) is 4.16. The van der Waals surface area contributed by atoms with Gasteiger partial charge >= 0.3 is 12.0 Å². The molecule has 0 aromatic carbocycles. The number of urea groups is 1. The molecule has 0 aromatic rings. The predicted octanol–water partition coefficient (Wildman–Crippen LogP) is 0.975. The van der Waals surface area contributed by atoms with Crippen molar-refractivity contribution in [1.82, 2.24) is 15.1 Å². The number of carboxylic acid groups (broad SMARTS) is 1. The van der Waals surface area contributed by atoms with Crippen LogP contribution < -0.4 is 5.32 Å². The lowest BCUT2D eigenvalue weighted by Gasteiger charge is -2.27. The monoisotopic (exact) mass is 283 g/mol. The van der Waals surface area contributed by atoms with Gasteiger partial charge in [-0.15, -0.1) is 0 Å². The first-order chi connectivity index (χ1) is 9.47. The highest BCUT2D eigenvalue weighted by Crippen LogP contribution is 2.29. The second-order valence-corrected chi connectivity index (χ2v) is 6.15. The summed E-state index contributed by atoms with van der Waals surface area (Å²) in [6, 6.07) is 0.679. The Morgan fingerprint density at radius 1 is 1.30 bits per heavy atom. The predicted molar refractivity (Wildman–Crippen MR) is 75.6 cm³/mol. The molecule has 2 aliphatic rings. The summed E-state index contributed by atoms with van der Waals surface area (Å²) in [4.78, 5) is 26.6. The van der Waals surface area contributed by atoms with E-state index in [1.807, 2.05) is 0 Å².